The molecule has 0 radical (unpaired) electrons. The second-order valence-corrected chi connectivity index (χ2v) is 5.03. The first kappa shape index (κ1) is 13.4. The summed E-state index contributed by atoms with van der Waals surface area (Å²) in [4.78, 5) is 11.5. The van der Waals surface area contributed by atoms with Gasteiger partial charge in [-0.2, -0.15) is 0 Å². The number of para-hydroxylation sites is 2. The van der Waals surface area contributed by atoms with Crippen molar-refractivity contribution < 1.29 is 9.53 Å². The third-order valence-electron chi connectivity index (χ3n) is 3.79. The Labute approximate surface area is 123 Å². The number of rotatable bonds is 4. The summed E-state index contributed by atoms with van der Waals surface area (Å²) in [6, 6.07) is 16.6. The molecule has 0 spiro atoms. The van der Waals surface area contributed by atoms with E-state index in [9.17, 15) is 4.79 Å². The third kappa shape index (κ3) is 2.31. The van der Waals surface area contributed by atoms with E-state index in [0.29, 0.717) is 18.5 Å². The number of methoxy groups -OCH3 is 1. The van der Waals surface area contributed by atoms with Crippen LogP contribution < -0.4 is 0 Å². The second-order valence-electron chi connectivity index (χ2n) is 5.03. The highest BCUT2D eigenvalue weighted by molar-refractivity contribution is 6.07. The zero-order chi connectivity index (χ0) is 14.8. The molecule has 3 nitrogen and oxygen atoms in total. The van der Waals surface area contributed by atoms with Crippen LogP contribution in [-0.4, -0.2) is 17.6 Å². The Morgan fingerprint density at radius 2 is 1.57 bits per heavy atom. The van der Waals surface area contributed by atoms with E-state index in [4.69, 9.17) is 4.74 Å². The predicted molar refractivity (Wildman–Crippen MR) is 85.2 cm³/mol. The molecule has 2 aromatic carbocycles. The monoisotopic (exact) mass is 279 g/mol. The van der Waals surface area contributed by atoms with Crippen molar-refractivity contribution >= 4 is 27.8 Å². The van der Waals surface area contributed by atoms with E-state index in [1.54, 1.807) is 0 Å². The van der Waals surface area contributed by atoms with Crippen molar-refractivity contribution in [1.29, 1.82) is 0 Å². The van der Waals surface area contributed by atoms with Crippen LogP contribution in [0.2, 0.25) is 0 Å². The Morgan fingerprint density at radius 3 is 2.10 bits per heavy atom. The SMILES string of the molecule is C=C(CCn1c2ccccc2c2ccccc21)C(=O)OC. The molecule has 0 N–H and O–H groups in total. The van der Waals surface area contributed by atoms with Crippen LogP contribution in [0.3, 0.4) is 0 Å². The third-order valence-corrected chi connectivity index (χ3v) is 3.79. The number of hydrogen-bond donors (Lipinski definition) is 0. The fourth-order valence-corrected chi connectivity index (χ4v) is 2.74. The highest BCUT2D eigenvalue weighted by Crippen LogP contribution is 2.29. The highest BCUT2D eigenvalue weighted by atomic mass is 16.5. The highest BCUT2D eigenvalue weighted by Gasteiger charge is 2.11. The summed E-state index contributed by atoms with van der Waals surface area (Å²) in [5, 5.41) is 2.47. The normalized spacial score (nSPS) is 10.9. The van der Waals surface area contributed by atoms with Gasteiger partial charge in [-0.1, -0.05) is 43.0 Å². The van der Waals surface area contributed by atoms with Gasteiger partial charge in [0.05, 0.1) is 7.11 Å². The lowest BCUT2D eigenvalue weighted by Crippen LogP contribution is -2.07. The minimum atomic E-state index is -0.337. The van der Waals surface area contributed by atoms with Crippen LogP contribution in [0.15, 0.2) is 60.7 Å². The van der Waals surface area contributed by atoms with Gasteiger partial charge in [0.25, 0.3) is 0 Å². The largest absolute Gasteiger partial charge is 0.466 e. The Bertz CT molecular complexity index is 776. The average molecular weight is 279 g/mol. The molecule has 106 valence electrons. The van der Waals surface area contributed by atoms with Crippen LogP contribution in [0, 0.1) is 0 Å². The van der Waals surface area contributed by atoms with Gasteiger partial charge in [0.1, 0.15) is 0 Å². The molecule has 0 unspecified atom stereocenters. The lowest BCUT2D eigenvalue weighted by atomic mass is 10.2. The number of esters is 1. The Hall–Kier alpha value is -2.55. The maximum atomic E-state index is 11.5. The first-order chi connectivity index (χ1) is 10.2. The van der Waals surface area contributed by atoms with Crippen LogP contribution in [0.1, 0.15) is 6.42 Å². The molecule has 0 aliphatic carbocycles. The summed E-state index contributed by atoms with van der Waals surface area (Å²) in [6.07, 6.45) is 0.579. The molecular weight excluding hydrogens is 262 g/mol. The second kappa shape index (κ2) is 5.44. The van der Waals surface area contributed by atoms with Crippen LogP contribution >= 0.6 is 0 Å². The lowest BCUT2D eigenvalue weighted by molar-refractivity contribution is -0.136. The number of benzene rings is 2. The van der Waals surface area contributed by atoms with Gasteiger partial charge in [0, 0.05) is 33.9 Å². The number of carbonyl (C=O) groups excluding carboxylic acids is 1. The van der Waals surface area contributed by atoms with Gasteiger partial charge in [-0.3, -0.25) is 0 Å². The number of hydrogen-bond acceptors (Lipinski definition) is 2. The van der Waals surface area contributed by atoms with Crippen molar-refractivity contribution in [2.75, 3.05) is 7.11 Å². The molecule has 0 fully saturated rings. The zero-order valence-electron chi connectivity index (χ0n) is 12.0. The summed E-state index contributed by atoms with van der Waals surface area (Å²) >= 11 is 0. The number of ether oxygens (including phenoxy) is 1. The van der Waals surface area contributed by atoms with Crippen molar-refractivity contribution in [3.05, 3.63) is 60.7 Å². The van der Waals surface area contributed by atoms with Gasteiger partial charge in [-0.05, 0) is 18.6 Å². The molecule has 0 aliphatic rings. The molecule has 0 atom stereocenters. The number of aromatic nitrogens is 1. The topological polar surface area (TPSA) is 31.2 Å². The first-order valence-corrected chi connectivity index (χ1v) is 6.94. The molecular formula is C18H17NO2. The molecule has 1 aromatic heterocycles. The van der Waals surface area contributed by atoms with E-state index >= 15 is 0 Å². The van der Waals surface area contributed by atoms with E-state index in [0.717, 1.165) is 0 Å². The van der Waals surface area contributed by atoms with E-state index in [1.807, 2.05) is 24.3 Å². The molecule has 0 saturated carbocycles. The summed E-state index contributed by atoms with van der Waals surface area (Å²) < 4.78 is 6.94. The van der Waals surface area contributed by atoms with E-state index in [-0.39, 0.29) is 5.97 Å². The molecule has 0 bridgehead atoms. The fraction of sp³-hybridized carbons (Fsp3) is 0.167. The molecule has 21 heavy (non-hydrogen) atoms. The number of carbonyl (C=O) groups is 1. The molecule has 3 aromatic rings. The van der Waals surface area contributed by atoms with Crippen molar-refractivity contribution in [3.8, 4) is 0 Å². The van der Waals surface area contributed by atoms with Gasteiger partial charge < -0.3 is 9.30 Å². The summed E-state index contributed by atoms with van der Waals surface area (Å²) in [5.41, 5.74) is 2.85. The van der Waals surface area contributed by atoms with Crippen LogP contribution in [0.25, 0.3) is 21.8 Å². The predicted octanol–water partition coefficient (Wildman–Crippen LogP) is 3.91. The molecule has 1 heterocycles. The maximum Gasteiger partial charge on any atom is 0.333 e. The Balaban J connectivity index is 2.04. The average Bonchev–Trinajstić information content (AvgIpc) is 2.86. The Kier molecular flexibility index (Phi) is 3.48. The molecule has 3 heteroatoms. The standard InChI is InChI=1S/C18H17NO2/c1-13(18(20)21-2)11-12-19-16-9-5-3-7-14(16)15-8-4-6-10-17(15)19/h3-10H,1,11-12H2,2H3. The van der Waals surface area contributed by atoms with Crippen molar-refractivity contribution in [2.24, 2.45) is 0 Å². The fourth-order valence-electron chi connectivity index (χ4n) is 2.74. The quantitative estimate of drug-likeness (QED) is 0.535. The van der Waals surface area contributed by atoms with Crippen molar-refractivity contribution in [3.63, 3.8) is 0 Å². The van der Waals surface area contributed by atoms with Crippen LogP contribution in [0.4, 0.5) is 0 Å². The zero-order valence-corrected chi connectivity index (χ0v) is 12.0. The minimum Gasteiger partial charge on any atom is -0.466 e. The van der Waals surface area contributed by atoms with E-state index in [1.165, 1.54) is 28.9 Å². The number of nitrogens with zero attached hydrogens (tertiary/aromatic N) is 1. The molecule has 3 rings (SSSR count). The molecule has 0 saturated heterocycles. The van der Waals surface area contributed by atoms with Gasteiger partial charge in [0.2, 0.25) is 0 Å². The van der Waals surface area contributed by atoms with Crippen molar-refractivity contribution in [1.82, 2.24) is 4.57 Å². The number of aryl methyl sites for hydroxylation is 1. The lowest BCUT2D eigenvalue weighted by Gasteiger charge is -2.08. The van der Waals surface area contributed by atoms with Gasteiger partial charge in [0.15, 0.2) is 0 Å². The smallest absolute Gasteiger partial charge is 0.333 e. The molecule has 0 aliphatic heterocycles. The van der Waals surface area contributed by atoms with Gasteiger partial charge in [-0.15, -0.1) is 0 Å². The summed E-state index contributed by atoms with van der Waals surface area (Å²) in [6.45, 7) is 4.51. The first-order valence-electron chi connectivity index (χ1n) is 6.94. The van der Waals surface area contributed by atoms with Crippen LogP contribution in [-0.2, 0) is 16.1 Å². The molecule has 0 amide bonds. The van der Waals surface area contributed by atoms with Gasteiger partial charge in [-0.25, -0.2) is 4.79 Å². The maximum absolute atomic E-state index is 11.5. The number of fused-ring (bicyclic) bond motifs is 3. The van der Waals surface area contributed by atoms with Gasteiger partial charge >= 0.3 is 5.97 Å². The summed E-state index contributed by atoms with van der Waals surface area (Å²) in [7, 11) is 1.38. The Morgan fingerprint density at radius 1 is 1.05 bits per heavy atom. The van der Waals surface area contributed by atoms with Crippen molar-refractivity contribution in [2.45, 2.75) is 13.0 Å². The van der Waals surface area contributed by atoms with E-state index < -0.39 is 0 Å². The van der Waals surface area contributed by atoms with E-state index in [2.05, 4.69) is 35.4 Å². The minimum absolute atomic E-state index is 0.337. The van der Waals surface area contributed by atoms with Crippen LogP contribution in [0.5, 0.6) is 0 Å². The summed E-state index contributed by atoms with van der Waals surface area (Å²) in [5.74, 6) is -0.337.